The number of likely N-dealkylation sites (tertiary alicyclic amines) is 1. The van der Waals surface area contributed by atoms with E-state index >= 15 is 0 Å². The fraction of sp³-hybridized carbons (Fsp3) is 0.381. The number of carbonyl (C=O) groups is 1. The molecule has 0 aromatic heterocycles. The van der Waals surface area contributed by atoms with E-state index in [-0.39, 0.29) is 11.9 Å². The second-order valence-corrected chi connectivity index (χ2v) is 7.38. The van der Waals surface area contributed by atoms with Crippen molar-refractivity contribution in [2.24, 2.45) is 0 Å². The quantitative estimate of drug-likeness (QED) is 0.763. The largest absolute Gasteiger partial charge is 0.495 e. The lowest BCUT2D eigenvalue weighted by atomic mass is 10.0. The van der Waals surface area contributed by atoms with Crippen LogP contribution >= 0.6 is 11.6 Å². The average Bonchev–Trinajstić information content (AvgIpc) is 2.96. The lowest BCUT2D eigenvalue weighted by Gasteiger charge is -2.26. The third kappa shape index (κ3) is 4.13. The highest BCUT2D eigenvalue weighted by Gasteiger charge is 2.31. The highest BCUT2D eigenvalue weighted by molar-refractivity contribution is 6.30. The third-order valence-electron chi connectivity index (χ3n) is 4.92. The van der Waals surface area contributed by atoms with Crippen LogP contribution in [0.3, 0.4) is 0 Å². The monoisotopic (exact) mass is 372 g/mol. The first-order valence-electron chi connectivity index (χ1n) is 8.86. The first kappa shape index (κ1) is 18.6. The summed E-state index contributed by atoms with van der Waals surface area (Å²) in [6, 6.07) is 14.2. The number of nitrogens with zero attached hydrogens (tertiary/aromatic N) is 2. The molecule has 1 amide bonds. The Balaban J connectivity index is 1.76. The van der Waals surface area contributed by atoms with Crippen LogP contribution in [0.4, 0.5) is 5.69 Å². The Labute approximate surface area is 160 Å². The molecule has 0 radical (unpaired) electrons. The van der Waals surface area contributed by atoms with Crippen LogP contribution in [0.5, 0.6) is 5.75 Å². The van der Waals surface area contributed by atoms with Gasteiger partial charge in [-0.1, -0.05) is 29.8 Å². The second-order valence-electron chi connectivity index (χ2n) is 6.95. The number of rotatable bonds is 6. The molecule has 1 heterocycles. The van der Waals surface area contributed by atoms with Crippen molar-refractivity contribution in [1.82, 2.24) is 4.90 Å². The summed E-state index contributed by atoms with van der Waals surface area (Å²) in [6.07, 6.45) is 2.37. The topological polar surface area (TPSA) is 32.8 Å². The molecular formula is C21H25ClN2O2. The molecule has 3 rings (SSSR count). The van der Waals surface area contributed by atoms with Gasteiger partial charge in [0.1, 0.15) is 5.75 Å². The molecular weight excluding hydrogens is 348 g/mol. The summed E-state index contributed by atoms with van der Waals surface area (Å²) in [5, 5.41) is 0.715. The van der Waals surface area contributed by atoms with Gasteiger partial charge in [-0.05, 0) is 48.2 Å². The molecule has 1 fully saturated rings. The smallest absolute Gasteiger partial charge is 0.223 e. The maximum Gasteiger partial charge on any atom is 0.223 e. The van der Waals surface area contributed by atoms with Crippen molar-refractivity contribution < 1.29 is 9.53 Å². The van der Waals surface area contributed by atoms with Crippen LogP contribution in [0, 0.1) is 0 Å². The van der Waals surface area contributed by atoms with Gasteiger partial charge in [0.25, 0.3) is 0 Å². The number of ether oxygens (including phenoxy) is 1. The average molecular weight is 373 g/mol. The van der Waals surface area contributed by atoms with E-state index in [4.69, 9.17) is 16.3 Å². The summed E-state index contributed by atoms with van der Waals surface area (Å²) in [7, 11) is 5.70. The summed E-state index contributed by atoms with van der Waals surface area (Å²) in [6.45, 7) is 0.636. The van der Waals surface area contributed by atoms with Crippen molar-refractivity contribution in [3.8, 4) is 5.75 Å². The van der Waals surface area contributed by atoms with Gasteiger partial charge in [-0.2, -0.15) is 0 Å². The van der Waals surface area contributed by atoms with Crippen molar-refractivity contribution in [3.63, 3.8) is 0 Å². The van der Waals surface area contributed by atoms with Gasteiger partial charge in [0.15, 0.2) is 0 Å². The Kier molecular flexibility index (Phi) is 5.72. The molecule has 0 N–H and O–H groups in total. The maximum absolute atomic E-state index is 12.4. The predicted molar refractivity (Wildman–Crippen MR) is 106 cm³/mol. The molecule has 138 valence electrons. The van der Waals surface area contributed by atoms with Crippen LogP contribution in [0.1, 0.15) is 24.0 Å². The van der Waals surface area contributed by atoms with E-state index in [0.717, 1.165) is 29.8 Å². The van der Waals surface area contributed by atoms with Gasteiger partial charge < -0.3 is 14.5 Å². The highest BCUT2D eigenvalue weighted by Crippen LogP contribution is 2.30. The predicted octanol–water partition coefficient (Wildman–Crippen LogP) is 4.15. The number of amides is 1. The van der Waals surface area contributed by atoms with Crippen LogP contribution in [0.15, 0.2) is 42.5 Å². The van der Waals surface area contributed by atoms with E-state index in [2.05, 4.69) is 12.1 Å². The molecule has 1 saturated heterocycles. The molecule has 0 spiro atoms. The number of hydrogen-bond donors (Lipinski definition) is 0. The van der Waals surface area contributed by atoms with Crippen LogP contribution < -0.4 is 9.64 Å². The van der Waals surface area contributed by atoms with E-state index in [1.54, 1.807) is 7.11 Å². The van der Waals surface area contributed by atoms with Gasteiger partial charge in [0.2, 0.25) is 5.91 Å². The first-order valence-corrected chi connectivity index (χ1v) is 9.24. The molecule has 26 heavy (non-hydrogen) atoms. The molecule has 1 atom stereocenters. The van der Waals surface area contributed by atoms with Gasteiger partial charge >= 0.3 is 0 Å². The minimum Gasteiger partial charge on any atom is -0.495 e. The molecule has 0 bridgehead atoms. The summed E-state index contributed by atoms with van der Waals surface area (Å²) >= 11 is 5.96. The van der Waals surface area contributed by atoms with Gasteiger partial charge in [-0.3, -0.25) is 4.79 Å². The van der Waals surface area contributed by atoms with Crippen LogP contribution in [-0.4, -0.2) is 38.1 Å². The Morgan fingerprint density at radius 2 is 1.85 bits per heavy atom. The Hall–Kier alpha value is -2.20. The van der Waals surface area contributed by atoms with Crippen molar-refractivity contribution in [1.29, 1.82) is 0 Å². The zero-order valence-electron chi connectivity index (χ0n) is 15.5. The third-order valence-corrected chi connectivity index (χ3v) is 5.17. The van der Waals surface area contributed by atoms with E-state index in [9.17, 15) is 4.79 Å². The molecule has 0 saturated carbocycles. The number of methoxy groups -OCH3 is 1. The standard InChI is InChI=1S/C21H25ClN2O2/c1-23(2)19-13-16(6-10-20(19)26-3)12-18-9-11-21(25)24(18)14-15-4-7-17(22)8-5-15/h4-8,10,13,18H,9,11-12,14H2,1-3H3/t18-/m0/s1. The molecule has 0 unspecified atom stereocenters. The minimum atomic E-state index is 0.224. The summed E-state index contributed by atoms with van der Waals surface area (Å²) < 4.78 is 5.44. The van der Waals surface area contributed by atoms with E-state index < -0.39 is 0 Å². The molecule has 5 heteroatoms. The number of halogens is 1. The van der Waals surface area contributed by atoms with Gasteiger partial charge in [0, 0.05) is 38.1 Å². The lowest BCUT2D eigenvalue weighted by molar-refractivity contribution is -0.129. The molecule has 1 aliphatic heterocycles. The van der Waals surface area contributed by atoms with E-state index in [0.29, 0.717) is 18.0 Å². The van der Waals surface area contributed by atoms with Crippen LogP contribution in [0.2, 0.25) is 5.02 Å². The zero-order valence-corrected chi connectivity index (χ0v) is 16.3. The van der Waals surface area contributed by atoms with Crippen LogP contribution in [-0.2, 0) is 17.8 Å². The van der Waals surface area contributed by atoms with Gasteiger partial charge in [0.05, 0.1) is 12.8 Å². The van der Waals surface area contributed by atoms with Gasteiger partial charge in [-0.15, -0.1) is 0 Å². The fourth-order valence-electron chi connectivity index (χ4n) is 3.49. The summed E-state index contributed by atoms with van der Waals surface area (Å²) in [5.74, 6) is 1.09. The van der Waals surface area contributed by atoms with Crippen molar-refractivity contribution >= 4 is 23.2 Å². The Morgan fingerprint density at radius 3 is 2.50 bits per heavy atom. The minimum absolute atomic E-state index is 0.224. The fourth-order valence-corrected chi connectivity index (χ4v) is 3.62. The molecule has 4 nitrogen and oxygen atoms in total. The zero-order chi connectivity index (χ0) is 18.7. The second kappa shape index (κ2) is 8.00. The Morgan fingerprint density at radius 1 is 1.15 bits per heavy atom. The van der Waals surface area contributed by atoms with E-state index in [1.165, 1.54) is 5.56 Å². The number of anilines is 1. The van der Waals surface area contributed by atoms with Crippen molar-refractivity contribution in [3.05, 3.63) is 58.6 Å². The molecule has 2 aromatic rings. The summed E-state index contributed by atoms with van der Waals surface area (Å²) in [4.78, 5) is 16.4. The highest BCUT2D eigenvalue weighted by atomic mass is 35.5. The maximum atomic E-state index is 12.4. The summed E-state index contributed by atoms with van der Waals surface area (Å²) in [5.41, 5.74) is 3.38. The molecule has 0 aliphatic carbocycles. The lowest BCUT2D eigenvalue weighted by Crippen LogP contribution is -2.33. The van der Waals surface area contributed by atoms with E-state index in [1.807, 2.05) is 54.2 Å². The Bertz CT molecular complexity index is 774. The number of benzene rings is 2. The molecule has 1 aliphatic rings. The number of carbonyl (C=O) groups excluding carboxylic acids is 1. The SMILES string of the molecule is COc1ccc(C[C@@H]2CCC(=O)N2Cc2ccc(Cl)cc2)cc1N(C)C. The molecule has 2 aromatic carbocycles. The van der Waals surface area contributed by atoms with Gasteiger partial charge in [-0.25, -0.2) is 0 Å². The normalized spacial score (nSPS) is 16.8. The van der Waals surface area contributed by atoms with Crippen molar-refractivity contribution in [2.75, 3.05) is 26.1 Å². The van der Waals surface area contributed by atoms with Crippen molar-refractivity contribution in [2.45, 2.75) is 31.8 Å². The number of hydrogen-bond acceptors (Lipinski definition) is 3. The van der Waals surface area contributed by atoms with Crippen LogP contribution in [0.25, 0.3) is 0 Å². The first-order chi connectivity index (χ1) is 12.5.